The third-order valence-electron chi connectivity index (χ3n) is 3.98. The molecule has 1 saturated carbocycles. The minimum atomic E-state index is 0.259. The van der Waals surface area contributed by atoms with Crippen molar-refractivity contribution >= 4 is 10.9 Å². The van der Waals surface area contributed by atoms with Gasteiger partial charge in [-0.05, 0) is 44.9 Å². The van der Waals surface area contributed by atoms with Gasteiger partial charge >= 0.3 is 0 Å². The molecule has 0 saturated heterocycles. The summed E-state index contributed by atoms with van der Waals surface area (Å²) < 4.78 is 6.25. The Bertz CT molecular complexity index is 582. The number of para-hydroxylation sites is 1. The van der Waals surface area contributed by atoms with Gasteiger partial charge in [0.2, 0.25) is 0 Å². The number of aromatic nitrogens is 1. The van der Waals surface area contributed by atoms with Crippen LogP contribution in [0.15, 0.2) is 30.3 Å². The van der Waals surface area contributed by atoms with E-state index in [1.165, 1.54) is 12.8 Å². The van der Waals surface area contributed by atoms with Crippen LogP contribution in [0, 0.1) is 12.8 Å². The standard InChI is InChI=1S/C16H20N2O/c1-11-9-16(13-6-2-3-7-14(13)18-11)19-15-8-4-5-12(15)10-17/h2-3,6-7,9,12,15H,4-5,8,10,17H2,1H3. The second-order valence-electron chi connectivity index (χ2n) is 5.36. The number of rotatable bonds is 3. The van der Waals surface area contributed by atoms with Crippen LogP contribution in [-0.2, 0) is 0 Å². The summed E-state index contributed by atoms with van der Waals surface area (Å²) in [6.07, 6.45) is 3.77. The zero-order valence-electron chi connectivity index (χ0n) is 11.3. The summed E-state index contributed by atoms with van der Waals surface area (Å²) in [5.41, 5.74) is 7.82. The second-order valence-corrected chi connectivity index (χ2v) is 5.36. The van der Waals surface area contributed by atoms with Crippen molar-refractivity contribution in [3.63, 3.8) is 0 Å². The fourth-order valence-electron chi connectivity index (χ4n) is 2.96. The Hall–Kier alpha value is -1.61. The van der Waals surface area contributed by atoms with Gasteiger partial charge in [0.15, 0.2) is 0 Å². The lowest BCUT2D eigenvalue weighted by Gasteiger charge is -2.21. The molecular weight excluding hydrogens is 236 g/mol. The maximum atomic E-state index is 6.25. The molecule has 2 atom stereocenters. The van der Waals surface area contributed by atoms with Crippen molar-refractivity contribution in [2.75, 3.05) is 6.54 Å². The normalized spacial score (nSPS) is 22.8. The van der Waals surface area contributed by atoms with E-state index >= 15 is 0 Å². The average Bonchev–Trinajstić information content (AvgIpc) is 2.86. The van der Waals surface area contributed by atoms with Crippen molar-refractivity contribution in [2.24, 2.45) is 11.7 Å². The Morgan fingerprint density at radius 1 is 1.32 bits per heavy atom. The molecule has 3 nitrogen and oxygen atoms in total. The monoisotopic (exact) mass is 256 g/mol. The van der Waals surface area contributed by atoms with Crippen molar-refractivity contribution in [2.45, 2.75) is 32.3 Å². The number of nitrogens with two attached hydrogens (primary N) is 1. The lowest BCUT2D eigenvalue weighted by molar-refractivity contribution is 0.164. The highest BCUT2D eigenvalue weighted by Gasteiger charge is 2.28. The smallest absolute Gasteiger partial charge is 0.130 e. The zero-order valence-corrected chi connectivity index (χ0v) is 11.3. The van der Waals surface area contributed by atoms with E-state index in [4.69, 9.17) is 10.5 Å². The van der Waals surface area contributed by atoms with Gasteiger partial charge in [0.1, 0.15) is 11.9 Å². The Labute approximate surface area is 113 Å². The van der Waals surface area contributed by atoms with Crippen LogP contribution in [0.1, 0.15) is 25.0 Å². The highest BCUT2D eigenvalue weighted by Crippen LogP contribution is 2.32. The SMILES string of the molecule is Cc1cc(OC2CCCC2CN)c2ccccc2n1. The van der Waals surface area contributed by atoms with Gasteiger partial charge in [0.05, 0.1) is 5.52 Å². The number of benzene rings is 1. The number of nitrogens with zero attached hydrogens (tertiary/aromatic N) is 1. The summed E-state index contributed by atoms with van der Waals surface area (Å²) in [5, 5.41) is 1.09. The summed E-state index contributed by atoms with van der Waals surface area (Å²) in [6.45, 7) is 2.72. The van der Waals surface area contributed by atoms with E-state index in [0.717, 1.165) is 28.8 Å². The van der Waals surface area contributed by atoms with Gasteiger partial charge in [-0.1, -0.05) is 12.1 Å². The Morgan fingerprint density at radius 3 is 3.00 bits per heavy atom. The van der Waals surface area contributed by atoms with Crippen molar-refractivity contribution in [3.05, 3.63) is 36.0 Å². The molecule has 3 rings (SSSR count). The van der Waals surface area contributed by atoms with E-state index in [0.29, 0.717) is 12.5 Å². The summed E-state index contributed by atoms with van der Waals surface area (Å²) in [5.74, 6) is 1.45. The zero-order chi connectivity index (χ0) is 13.2. The van der Waals surface area contributed by atoms with E-state index in [1.54, 1.807) is 0 Å². The third-order valence-corrected chi connectivity index (χ3v) is 3.98. The van der Waals surface area contributed by atoms with Crippen LogP contribution in [0.25, 0.3) is 10.9 Å². The number of aryl methyl sites for hydroxylation is 1. The van der Waals surface area contributed by atoms with Crippen LogP contribution in [0.5, 0.6) is 5.75 Å². The molecule has 2 aromatic rings. The van der Waals surface area contributed by atoms with E-state index < -0.39 is 0 Å². The van der Waals surface area contributed by atoms with Crippen LogP contribution in [0.4, 0.5) is 0 Å². The van der Waals surface area contributed by atoms with Gasteiger partial charge < -0.3 is 10.5 Å². The first-order valence-corrected chi connectivity index (χ1v) is 7.01. The number of pyridine rings is 1. The fraction of sp³-hybridized carbons (Fsp3) is 0.438. The lowest BCUT2D eigenvalue weighted by Crippen LogP contribution is -2.27. The molecule has 0 aliphatic heterocycles. The van der Waals surface area contributed by atoms with Crippen LogP contribution >= 0.6 is 0 Å². The quantitative estimate of drug-likeness (QED) is 0.918. The van der Waals surface area contributed by atoms with Gasteiger partial charge in [-0.25, -0.2) is 0 Å². The molecule has 100 valence electrons. The van der Waals surface area contributed by atoms with Gasteiger partial charge in [-0.15, -0.1) is 0 Å². The van der Waals surface area contributed by atoms with Gasteiger partial charge in [0, 0.05) is 23.1 Å². The van der Waals surface area contributed by atoms with Gasteiger partial charge in [-0.3, -0.25) is 4.98 Å². The number of hydrogen-bond donors (Lipinski definition) is 1. The molecule has 1 aromatic heterocycles. The number of ether oxygens (including phenoxy) is 1. The molecular formula is C16H20N2O. The molecule has 1 heterocycles. The first-order chi connectivity index (χ1) is 9.28. The summed E-state index contributed by atoms with van der Waals surface area (Å²) >= 11 is 0. The first kappa shape index (κ1) is 12.4. The van der Waals surface area contributed by atoms with Crippen molar-refractivity contribution in [1.82, 2.24) is 4.98 Å². The third kappa shape index (κ3) is 2.43. The molecule has 3 heteroatoms. The molecule has 1 fully saturated rings. The molecule has 0 bridgehead atoms. The van der Waals surface area contributed by atoms with E-state index in [2.05, 4.69) is 11.1 Å². The highest BCUT2D eigenvalue weighted by molar-refractivity contribution is 5.85. The molecule has 2 N–H and O–H groups in total. The van der Waals surface area contributed by atoms with E-state index in [9.17, 15) is 0 Å². The topological polar surface area (TPSA) is 48.1 Å². The van der Waals surface area contributed by atoms with Gasteiger partial charge in [0.25, 0.3) is 0 Å². The molecule has 0 radical (unpaired) electrons. The van der Waals surface area contributed by atoms with Crippen LogP contribution < -0.4 is 10.5 Å². The average molecular weight is 256 g/mol. The molecule has 0 amide bonds. The first-order valence-electron chi connectivity index (χ1n) is 7.01. The maximum Gasteiger partial charge on any atom is 0.130 e. The van der Waals surface area contributed by atoms with Crippen molar-refractivity contribution in [3.8, 4) is 5.75 Å². The lowest BCUT2D eigenvalue weighted by atomic mass is 10.1. The predicted molar refractivity (Wildman–Crippen MR) is 77.3 cm³/mol. The predicted octanol–water partition coefficient (Wildman–Crippen LogP) is 3.05. The molecule has 2 unspecified atom stereocenters. The molecule has 19 heavy (non-hydrogen) atoms. The number of fused-ring (bicyclic) bond motifs is 1. The van der Waals surface area contributed by atoms with Crippen LogP contribution in [-0.4, -0.2) is 17.6 Å². The van der Waals surface area contributed by atoms with Crippen LogP contribution in [0.2, 0.25) is 0 Å². The maximum absolute atomic E-state index is 6.25. The van der Waals surface area contributed by atoms with Gasteiger partial charge in [-0.2, -0.15) is 0 Å². The largest absolute Gasteiger partial charge is 0.489 e. The Balaban J connectivity index is 1.96. The summed E-state index contributed by atoms with van der Waals surface area (Å²) in [6, 6.07) is 10.2. The highest BCUT2D eigenvalue weighted by atomic mass is 16.5. The minimum Gasteiger partial charge on any atom is -0.489 e. The Morgan fingerprint density at radius 2 is 2.16 bits per heavy atom. The number of hydrogen-bond acceptors (Lipinski definition) is 3. The van der Waals surface area contributed by atoms with Crippen molar-refractivity contribution < 1.29 is 4.74 Å². The molecule has 1 aliphatic carbocycles. The summed E-state index contributed by atoms with van der Waals surface area (Å²) in [4.78, 5) is 4.55. The van der Waals surface area contributed by atoms with E-state index in [-0.39, 0.29) is 6.10 Å². The molecule has 1 aromatic carbocycles. The van der Waals surface area contributed by atoms with E-state index in [1.807, 2.05) is 31.2 Å². The second kappa shape index (κ2) is 5.17. The summed E-state index contributed by atoms with van der Waals surface area (Å²) in [7, 11) is 0. The minimum absolute atomic E-state index is 0.259. The molecule has 1 aliphatic rings. The fourth-order valence-corrected chi connectivity index (χ4v) is 2.96. The van der Waals surface area contributed by atoms with Crippen molar-refractivity contribution in [1.29, 1.82) is 0 Å². The van der Waals surface area contributed by atoms with Crippen LogP contribution in [0.3, 0.4) is 0 Å². The Kier molecular flexibility index (Phi) is 3.38. The molecule has 0 spiro atoms.